The molecule has 2 aromatic carbocycles. The summed E-state index contributed by atoms with van der Waals surface area (Å²) in [5.41, 5.74) is 0.848. The predicted molar refractivity (Wildman–Crippen MR) is 129 cm³/mol. The van der Waals surface area contributed by atoms with Crippen LogP contribution in [0.2, 0.25) is 0 Å². The molecule has 3 aromatic rings. The number of aromatic nitrogens is 2. The average molecular weight is 467 g/mol. The zero-order valence-electron chi connectivity index (χ0n) is 19.8. The van der Waals surface area contributed by atoms with Gasteiger partial charge in [0, 0.05) is 50.1 Å². The molecule has 34 heavy (non-hydrogen) atoms. The number of nitrogens with zero attached hydrogens (tertiary/aromatic N) is 3. The number of hydrogen-bond acceptors (Lipinski definition) is 6. The van der Waals surface area contributed by atoms with Gasteiger partial charge in [0.15, 0.2) is 5.82 Å². The molecule has 0 aliphatic heterocycles. The molecule has 0 saturated heterocycles. The van der Waals surface area contributed by atoms with Crippen molar-refractivity contribution >= 4 is 17.6 Å². The summed E-state index contributed by atoms with van der Waals surface area (Å²) in [5, 5.41) is 16.6. The molecule has 0 saturated carbocycles. The number of aliphatic hydroxyl groups is 1. The van der Waals surface area contributed by atoms with E-state index in [-0.39, 0.29) is 18.4 Å². The van der Waals surface area contributed by atoms with Crippen molar-refractivity contribution in [3.63, 3.8) is 0 Å². The van der Waals surface area contributed by atoms with E-state index in [4.69, 9.17) is 9.47 Å². The first-order valence-corrected chi connectivity index (χ1v) is 11.1. The lowest BCUT2D eigenvalue weighted by Gasteiger charge is -2.17. The number of benzene rings is 2. The lowest BCUT2D eigenvalue weighted by Crippen LogP contribution is -2.21. The Hall–Kier alpha value is -3.85. The Kier molecular flexibility index (Phi) is 8.26. The molecule has 180 valence electrons. The molecule has 2 N–H and O–H groups in total. The summed E-state index contributed by atoms with van der Waals surface area (Å²) in [5.74, 6) is 1.21. The van der Waals surface area contributed by atoms with E-state index in [0.29, 0.717) is 47.2 Å². The van der Waals surface area contributed by atoms with Crippen LogP contribution in [0, 0.1) is 0 Å². The molecular formula is C25H30N4O5. The van der Waals surface area contributed by atoms with Crippen LogP contribution in [0.3, 0.4) is 0 Å². The van der Waals surface area contributed by atoms with Gasteiger partial charge in [0.25, 0.3) is 11.8 Å². The van der Waals surface area contributed by atoms with Crippen molar-refractivity contribution in [1.82, 2.24) is 14.7 Å². The summed E-state index contributed by atoms with van der Waals surface area (Å²) in [6.45, 7) is 4.39. The normalized spacial score (nSPS) is 11.6. The van der Waals surface area contributed by atoms with Crippen molar-refractivity contribution in [3.8, 4) is 17.2 Å². The predicted octanol–water partition coefficient (Wildman–Crippen LogP) is 3.80. The van der Waals surface area contributed by atoms with Crippen molar-refractivity contribution in [2.24, 2.45) is 0 Å². The minimum absolute atomic E-state index is 0.110. The maximum absolute atomic E-state index is 12.9. The van der Waals surface area contributed by atoms with Gasteiger partial charge in [-0.2, -0.15) is 5.10 Å². The molecule has 1 heterocycles. The SMILES string of the molecule is CC[C@@H](CO)Oc1cc(Oc2ccc(C(=O)N(C)C)cc2)cc(C(=O)Nc2ccn(CC)n2)c1. The molecule has 2 amide bonds. The van der Waals surface area contributed by atoms with Crippen LogP contribution < -0.4 is 14.8 Å². The fourth-order valence-electron chi connectivity index (χ4n) is 3.12. The van der Waals surface area contributed by atoms with E-state index in [1.54, 1.807) is 73.5 Å². The summed E-state index contributed by atoms with van der Waals surface area (Å²) >= 11 is 0. The molecule has 0 unspecified atom stereocenters. The van der Waals surface area contributed by atoms with Crippen molar-refractivity contribution < 1.29 is 24.2 Å². The summed E-state index contributed by atoms with van der Waals surface area (Å²) in [6.07, 6.45) is 1.96. The lowest BCUT2D eigenvalue weighted by molar-refractivity contribution is 0.0827. The number of carbonyl (C=O) groups is 2. The molecule has 0 aliphatic carbocycles. The molecule has 0 fully saturated rings. The quantitative estimate of drug-likeness (QED) is 0.471. The third kappa shape index (κ3) is 6.35. The van der Waals surface area contributed by atoms with Crippen LogP contribution >= 0.6 is 0 Å². The van der Waals surface area contributed by atoms with Gasteiger partial charge in [-0.05, 0) is 49.7 Å². The van der Waals surface area contributed by atoms with Crippen molar-refractivity contribution in [2.75, 3.05) is 26.0 Å². The zero-order chi connectivity index (χ0) is 24.7. The third-order valence-corrected chi connectivity index (χ3v) is 5.05. The van der Waals surface area contributed by atoms with Crippen molar-refractivity contribution in [1.29, 1.82) is 0 Å². The van der Waals surface area contributed by atoms with Crippen LogP contribution in [0.25, 0.3) is 0 Å². The fraction of sp³-hybridized carbons (Fsp3) is 0.320. The van der Waals surface area contributed by atoms with E-state index in [0.717, 1.165) is 0 Å². The number of ether oxygens (including phenoxy) is 2. The molecule has 1 aromatic heterocycles. The molecule has 0 bridgehead atoms. The average Bonchev–Trinajstić information content (AvgIpc) is 3.29. The summed E-state index contributed by atoms with van der Waals surface area (Å²) in [7, 11) is 3.38. The highest BCUT2D eigenvalue weighted by Crippen LogP contribution is 2.29. The lowest BCUT2D eigenvalue weighted by atomic mass is 10.1. The van der Waals surface area contributed by atoms with E-state index >= 15 is 0 Å². The Balaban J connectivity index is 1.86. The summed E-state index contributed by atoms with van der Waals surface area (Å²) in [4.78, 5) is 26.5. The minimum Gasteiger partial charge on any atom is -0.488 e. The zero-order valence-corrected chi connectivity index (χ0v) is 19.8. The van der Waals surface area contributed by atoms with Crippen LogP contribution in [0.4, 0.5) is 5.82 Å². The van der Waals surface area contributed by atoms with E-state index < -0.39 is 6.10 Å². The van der Waals surface area contributed by atoms with E-state index in [1.807, 2.05) is 13.8 Å². The third-order valence-electron chi connectivity index (χ3n) is 5.05. The Bertz CT molecular complexity index is 1120. The molecule has 9 heteroatoms. The molecule has 3 rings (SSSR count). The summed E-state index contributed by atoms with van der Waals surface area (Å²) in [6, 6.07) is 13.3. The first-order chi connectivity index (χ1) is 16.3. The number of rotatable bonds is 10. The summed E-state index contributed by atoms with van der Waals surface area (Å²) < 4.78 is 13.5. The maximum atomic E-state index is 12.9. The van der Waals surface area contributed by atoms with Gasteiger partial charge in [0.2, 0.25) is 0 Å². The number of carbonyl (C=O) groups excluding carboxylic acids is 2. The van der Waals surface area contributed by atoms with Gasteiger partial charge in [0.1, 0.15) is 23.4 Å². The van der Waals surface area contributed by atoms with Crippen LogP contribution in [0.5, 0.6) is 17.2 Å². The van der Waals surface area contributed by atoms with Crippen LogP contribution in [0.1, 0.15) is 41.0 Å². The molecule has 1 atom stereocenters. The van der Waals surface area contributed by atoms with E-state index in [9.17, 15) is 14.7 Å². The highest BCUT2D eigenvalue weighted by molar-refractivity contribution is 6.04. The topological polar surface area (TPSA) is 106 Å². The Morgan fingerprint density at radius 3 is 2.32 bits per heavy atom. The van der Waals surface area contributed by atoms with Gasteiger partial charge < -0.3 is 24.8 Å². The number of aliphatic hydroxyl groups excluding tert-OH is 1. The number of aryl methyl sites for hydroxylation is 1. The van der Waals surface area contributed by atoms with Crippen molar-refractivity contribution in [2.45, 2.75) is 32.9 Å². The van der Waals surface area contributed by atoms with Gasteiger partial charge in [-0.1, -0.05) is 6.92 Å². The number of nitrogens with one attached hydrogen (secondary N) is 1. The van der Waals surface area contributed by atoms with Gasteiger partial charge in [-0.15, -0.1) is 0 Å². The monoisotopic (exact) mass is 466 g/mol. The Morgan fingerprint density at radius 1 is 1.03 bits per heavy atom. The second-order valence-corrected chi connectivity index (χ2v) is 7.86. The van der Waals surface area contributed by atoms with Crippen LogP contribution in [-0.4, -0.2) is 58.4 Å². The second kappa shape index (κ2) is 11.3. The van der Waals surface area contributed by atoms with E-state index in [2.05, 4.69) is 10.4 Å². The van der Waals surface area contributed by atoms with Crippen LogP contribution in [-0.2, 0) is 6.54 Å². The number of amides is 2. The molecule has 0 radical (unpaired) electrons. The Labute approximate surface area is 198 Å². The first kappa shape index (κ1) is 24.8. The standard InChI is InChI=1S/C25H30N4O5/c1-5-19(16-30)33-21-13-18(24(31)26-23-11-12-29(6-2)27-23)14-22(15-21)34-20-9-7-17(8-10-20)25(32)28(3)4/h7-15,19,30H,5-6,16H2,1-4H3,(H,26,27,31)/t19-/m0/s1. The molecule has 9 nitrogen and oxygen atoms in total. The maximum Gasteiger partial charge on any atom is 0.257 e. The van der Waals surface area contributed by atoms with E-state index in [1.165, 1.54) is 4.90 Å². The largest absolute Gasteiger partial charge is 0.488 e. The second-order valence-electron chi connectivity index (χ2n) is 7.86. The van der Waals surface area contributed by atoms with Crippen LogP contribution in [0.15, 0.2) is 54.7 Å². The van der Waals surface area contributed by atoms with Crippen molar-refractivity contribution in [3.05, 3.63) is 65.9 Å². The smallest absolute Gasteiger partial charge is 0.257 e. The first-order valence-electron chi connectivity index (χ1n) is 11.1. The molecular weight excluding hydrogens is 436 g/mol. The number of anilines is 1. The fourth-order valence-corrected chi connectivity index (χ4v) is 3.12. The minimum atomic E-state index is -0.414. The van der Waals surface area contributed by atoms with Gasteiger partial charge in [0.05, 0.1) is 6.61 Å². The number of hydrogen-bond donors (Lipinski definition) is 2. The molecule has 0 spiro atoms. The van der Waals surface area contributed by atoms with Gasteiger partial charge in [-0.25, -0.2) is 0 Å². The van der Waals surface area contributed by atoms with Gasteiger partial charge >= 0.3 is 0 Å². The Morgan fingerprint density at radius 2 is 1.74 bits per heavy atom. The molecule has 0 aliphatic rings. The van der Waals surface area contributed by atoms with Gasteiger partial charge in [-0.3, -0.25) is 14.3 Å². The highest BCUT2D eigenvalue weighted by Gasteiger charge is 2.15. The highest BCUT2D eigenvalue weighted by atomic mass is 16.5.